The number of oxazole rings is 1. The molecule has 0 radical (unpaired) electrons. The SMILES string of the molecule is CN(CCN)c1nc2ccc([N+](=O)[O-])cc2o1. The Bertz CT molecular complexity index is 551. The highest BCUT2D eigenvalue weighted by Crippen LogP contribution is 2.24. The summed E-state index contributed by atoms with van der Waals surface area (Å²) in [6.45, 7) is 1.09. The van der Waals surface area contributed by atoms with Gasteiger partial charge in [-0.05, 0) is 6.07 Å². The van der Waals surface area contributed by atoms with Crippen LogP contribution in [-0.4, -0.2) is 30.0 Å². The monoisotopic (exact) mass is 236 g/mol. The summed E-state index contributed by atoms with van der Waals surface area (Å²) in [6, 6.07) is 4.74. The van der Waals surface area contributed by atoms with Gasteiger partial charge in [0, 0.05) is 26.2 Å². The number of fused-ring (bicyclic) bond motifs is 1. The summed E-state index contributed by atoms with van der Waals surface area (Å²) in [6.07, 6.45) is 0. The quantitative estimate of drug-likeness (QED) is 0.631. The minimum absolute atomic E-state index is 0.0123. The van der Waals surface area contributed by atoms with Crippen molar-refractivity contribution < 1.29 is 9.34 Å². The van der Waals surface area contributed by atoms with Crippen molar-refractivity contribution in [2.75, 3.05) is 25.0 Å². The lowest BCUT2D eigenvalue weighted by Crippen LogP contribution is -2.25. The third-order valence-corrected chi connectivity index (χ3v) is 2.36. The molecule has 0 fully saturated rings. The van der Waals surface area contributed by atoms with Gasteiger partial charge in [0.05, 0.1) is 11.0 Å². The fraction of sp³-hybridized carbons (Fsp3) is 0.300. The van der Waals surface area contributed by atoms with Crippen LogP contribution in [0.15, 0.2) is 22.6 Å². The number of nitro benzene ring substituents is 1. The highest BCUT2D eigenvalue weighted by atomic mass is 16.6. The highest BCUT2D eigenvalue weighted by Gasteiger charge is 2.13. The predicted molar refractivity (Wildman–Crippen MR) is 63.0 cm³/mol. The molecule has 2 N–H and O–H groups in total. The van der Waals surface area contributed by atoms with E-state index in [0.29, 0.717) is 30.2 Å². The third-order valence-electron chi connectivity index (χ3n) is 2.36. The summed E-state index contributed by atoms with van der Waals surface area (Å²) in [5, 5.41) is 10.6. The molecule has 1 heterocycles. The molecule has 90 valence electrons. The standard InChI is InChI=1S/C10H12N4O3/c1-13(5-4-11)10-12-8-3-2-7(14(15)16)6-9(8)17-10/h2-3,6H,4-5,11H2,1H3. The molecule has 0 bridgehead atoms. The molecule has 7 nitrogen and oxygen atoms in total. The first kappa shape index (κ1) is 11.3. The van der Waals surface area contributed by atoms with Crippen LogP contribution in [0.5, 0.6) is 0 Å². The van der Waals surface area contributed by atoms with Gasteiger partial charge < -0.3 is 15.1 Å². The van der Waals surface area contributed by atoms with Crippen molar-refractivity contribution in [2.45, 2.75) is 0 Å². The maximum atomic E-state index is 10.6. The number of nitro groups is 1. The van der Waals surface area contributed by atoms with Gasteiger partial charge in [0.2, 0.25) is 0 Å². The van der Waals surface area contributed by atoms with Crippen molar-refractivity contribution in [3.05, 3.63) is 28.3 Å². The second-order valence-electron chi connectivity index (χ2n) is 3.62. The molecule has 0 saturated carbocycles. The molecule has 0 atom stereocenters. The third kappa shape index (κ3) is 2.18. The predicted octanol–water partition coefficient (Wildman–Crippen LogP) is 1.13. The Morgan fingerprint density at radius 2 is 2.35 bits per heavy atom. The number of nitrogens with zero attached hydrogens (tertiary/aromatic N) is 3. The summed E-state index contributed by atoms with van der Waals surface area (Å²) >= 11 is 0. The van der Waals surface area contributed by atoms with Crippen LogP contribution in [0.1, 0.15) is 0 Å². The molecule has 2 rings (SSSR count). The Morgan fingerprint density at radius 3 is 3.00 bits per heavy atom. The zero-order valence-corrected chi connectivity index (χ0v) is 9.29. The van der Waals surface area contributed by atoms with E-state index in [1.54, 1.807) is 18.0 Å². The second kappa shape index (κ2) is 4.38. The van der Waals surface area contributed by atoms with Crippen LogP contribution in [0.25, 0.3) is 11.1 Å². The average Bonchev–Trinajstić information content (AvgIpc) is 2.71. The summed E-state index contributed by atoms with van der Waals surface area (Å²) in [5.41, 5.74) is 6.41. The number of hydrogen-bond donors (Lipinski definition) is 1. The first-order chi connectivity index (χ1) is 8.11. The van der Waals surface area contributed by atoms with Gasteiger partial charge in [-0.2, -0.15) is 4.98 Å². The molecule has 0 aliphatic carbocycles. The largest absolute Gasteiger partial charge is 0.423 e. The number of anilines is 1. The molecule has 17 heavy (non-hydrogen) atoms. The van der Waals surface area contributed by atoms with Crippen LogP contribution in [0, 0.1) is 10.1 Å². The highest BCUT2D eigenvalue weighted by molar-refractivity contribution is 5.77. The maximum absolute atomic E-state index is 10.6. The Balaban J connectivity index is 2.40. The van der Waals surface area contributed by atoms with E-state index in [2.05, 4.69) is 4.98 Å². The molecule has 0 unspecified atom stereocenters. The van der Waals surface area contributed by atoms with Gasteiger partial charge in [-0.25, -0.2) is 0 Å². The lowest BCUT2D eigenvalue weighted by molar-refractivity contribution is -0.384. The van der Waals surface area contributed by atoms with Gasteiger partial charge in [0.25, 0.3) is 11.7 Å². The van der Waals surface area contributed by atoms with Crippen molar-refractivity contribution in [3.8, 4) is 0 Å². The fourth-order valence-corrected chi connectivity index (χ4v) is 1.47. The van der Waals surface area contributed by atoms with E-state index < -0.39 is 4.92 Å². The Hall–Kier alpha value is -2.15. The Labute approximate surface area is 97.0 Å². The molecule has 1 aromatic carbocycles. The van der Waals surface area contributed by atoms with Gasteiger partial charge in [-0.3, -0.25) is 10.1 Å². The maximum Gasteiger partial charge on any atom is 0.298 e. The number of rotatable bonds is 4. The lowest BCUT2D eigenvalue weighted by Gasteiger charge is -2.11. The van der Waals surface area contributed by atoms with Gasteiger partial charge in [-0.1, -0.05) is 0 Å². The van der Waals surface area contributed by atoms with Crippen molar-refractivity contribution in [3.63, 3.8) is 0 Å². The number of nitrogens with two attached hydrogens (primary N) is 1. The van der Waals surface area contributed by atoms with Crippen molar-refractivity contribution in [2.24, 2.45) is 5.73 Å². The first-order valence-electron chi connectivity index (χ1n) is 5.08. The molecule has 0 aliphatic heterocycles. The van der Waals surface area contributed by atoms with Crippen LogP contribution in [0.4, 0.5) is 11.7 Å². The second-order valence-corrected chi connectivity index (χ2v) is 3.62. The van der Waals surface area contributed by atoms with Crippen molar-refractivity contribution >= 4 is 22.8 Å². The van der Waals surface area contributed by atoms with Gasteiger partial charge in [0.15, 0.2) is 5.58 Å². The van der Waals surface area contributed by atoms with E-state index in [9.17, 15) is 10.1 Å². The van der Waals surface area contributed by atoms with Gasteiger partial charge >= 0.3 is 0 Å². The molecular formula is C10H12N4O3. The first-order valence-corrected chi connectivity index (χ1v) is 5.08. The fourth-order valence-electron chi connectivity index (χ4n) is 1.47. The molecule has 0 aliphatic rings. The smallest absolute Gasteiger partial charge is 0.298 e. The van der Waals surface area contributed by atoms with Crippen molar-refractivity contribution in [1.82, 2.24) is 4.98 Å². The number of benzene rings is 1. The topological polar surface area (TPSA) is 98.4 Å². The zero-order chi connectivity index (χ0) is 12.4. The molecular weight excluding hydrogens is 224 g/mol. The van der Waals surface area contributed by atoms with E-state index >= 15 is 0 Å². The minimum Gasteiger partial charge on any atom is -0.423 e. The average molecular weight is 236 g/mol. The van der Waals surface area contributed by atoms with Gasteiger partial charge in [-0.15, -0.1) is 0 Å². The van der Waals surface area contributed by atoms with E-state index in [1.807, 2.05) is 0 Å². The van der Waals surface area contributed by atoms with Crippen LogP contribution in [-0.2, 0) is 0 Å². The number of aromatic nitrogens is 1. The summed E-state index contributed by atoms with van der Waals surface area (Å²) in [4.78, 5) is 16.1. The van der Waals surface area contributed by atoms with Gasteiger partial charge in [0.1, 0.15) is 5.52 Å². The Kier molecular flexibility index (Phi) is 2.92. The van der Waals surface area contributed by atoms with Crippen LogP contribution >= 0.6 is 0 Å². The molecule has 1 aromatic heterocycles. The van der Waals surface area contributed by atoms with E-state index in [0.717, 1.165) is 0 Å². The Morgan fingerprint density at radius 1 is 1.59 bits per heavy atom. The number of hydrogen-bond acceptors (Lipinski definition) is 6. The summed E-state index contributed by atoms with van der Waals surface area (Å²) in [7, 11) is 1.80. The van der Waals surface area contributed by atoms with E-state index in [-0.39, 0.29) is 5.69 Å². The molecule has 0 spiro atoms. The molecule has 0 amide bonds. The number of likely N-dealkylation sites (N-methyl/N-ethyl adjacent to an activating group) is 1. The molecule has 0 saturated heterocycles. The number of non-ortho nitro benzene ring substituents is 1. The zero-order valence-electron chi connectivity index (χ0n) is 9.29. The van der Waals surface area contributed by atoms with Crippen LogP contribution in [0.2, 0.25) is 0 Å². The molecule has 2 aromatic rings. The van der Waals surface area contributed by atoms with Crippen molar-refractivity contribution in [1.29, 1.82) is 0 Å². The minimum atomic E-state index is -0.467. The summed E-state index contributed by atoms with van der Waals surface area (Å²) < 4.78 is 5.43. The van der Waals surface area contributed by atoms with E-state index in [4.69, 9.17) is 10.2 Å². The lowest BCUT2D eigenvalue weighted by atomic mass is 10.3. The van der Waals surface area contributed by atoms with Crippen LogP contribution < -0.4 is 10.6 Å². The van der Waals surface area contributed by atoms with Crippen LogP contribution in [0.3, 0.4) is 0 Å². The van der Waals surface area contributed by atoms with E-state index in [1.165, 1.54) is 12.1 Å². The summed E-state index contributed by atoms with van der Waals surface area (Å²) in [5.74, 6) is 0. The normalized spacial score (nSPS) is 10.7. The molecule has 7 heteroatoms.